The van der Waals surface area contributed by atoms with Crippen LogP contribution in [0, 0.1) is 0 Å². The molecule has 1 aromatic carbocycles. The van der Waals surface area contributed by atoms with Crippen molar-refractivity contribution in [1.29, 1.82) is 0 Å². The Hall–Kier alpha value is -2.01. The molecule has 0 spiro atoms. The van der Waals surface area contributed by atoms with Gasteiger partial charge in [0.1, 0.15) is 5.75 Å². The lowest BCUT2D eigenvalue weighted by atomic mass is 10.1. The first-order valence-electron chi connectivity index (χ1n) is 9.16. The molecule has 1 unspecified atom stereocenters. The Bertz CT molecular complexity index is 693. The molecule has 1 saturated heterocycles. The fraction of sp³-hybridized carbons (Fsp3) is 0.450. The summed E-state index contributed by atoms with van der Waals surface area (Å²) in [4.78, 5) is 14.6. The van der Waals surface area contributed by atoms with Crippen LogP contribution in [0.15, 0.2) is 41.1 Å². The topological polar surface area (TPSA) is 41.6 Å². The second-order valence-electron chi connectivity index (χ2n) is 6.89. The molecule has 2 fully saturated rings. The summed E-state index contributed by atoms with van der Waals surface area (Å²) in [5.74, 6) is 0.891. The van der Waals surface area contributed by atoms with E-state index in [0.29, 0.717) is 6.10 Å². The molecule has 0 bridgehead atoms. The van der Waals surface area contributed by atoms with Crippen LogP contribution in [0.1, 0.15) is 50.1 Å². The maximum atomic E-state index is 12.7. The van der Waals surface area contributed by atoms with Gasteiger partial charge in [-0.05, 0) is 85.2 Å². The van der Waals surface area contributed by atoms with Gasteiger partial charge in [0, 0.05) is 12.2 Å². The third-order valence-corrected chi connectivity index (χ3v) is 5.85. The summed E-state index contributed by atoms with van der Waals surface area (Å²) in [6, 6.07) is 10.1. The lowest BCUT2D eigenvalue weighted by Crippen LogP contribution is -2.34. The van der Waals surface area contributed by atoms with Crippen LogP contribution in [0.2, 0.25) is 0 Å². The minimum absolute atomic E-state index is 0.0156. The first kappa shape index (κ1) is 16.5. The monoisotopic (exact) mass is 356 g/mol. The Morgan fingerprint density at radius 2 is 1.88 bits per heavy atom. The van der Waals surface area contributed by atoms with Gasteiger partial charge >= 0.3 is 6.03 Å². The van der Waals surface area contributed by atoms with Crippen LogP contribution in [0.3, 0.4) is 0 Å². The number of rotatable bonds is 4. The van der Waals surface area contributed by atoms with E-state index in [1.165, 1.54) is 18.4 Å². The van der Waals surface area contributed by atoms with Gasteiger partial charge in [0.25, 0.3) is 0 Å². The van der Waals surface area contributed by atoms with Gasteiger partial charge in [0.2, 0.25) is 0 Å². The second kappa shape index (κ2) is 7.48. The highest BCUT2D eigenvalue weighted by molar-refractivity contribution is 7.08. The Morgan fingerprint density at radius 1 is 1.08 bits per heavy atom. The lowest BCUT2D eigenvalue weighted by molar-refractivity contribution is 0.207. The molecule has 1 atom stereocenters. The van der Waals surface area contributed by atoms with Crippen molar-refractivity contribution in [2.75, 3.05) is 11.9 Å². The second-order valence-corrected chi connectivity index (χ2v) is 7.67. The van der Waals surface area contributed by atoms with Crippen LogP contribution in [0.5, 0.6) is 5.75 Å². The van der Waals surface area contributed by atoms with Crippen molar-refractivity contribution in [3.63, 3.8) is 0 Å². The summed E-state index contributed by atoms with van der Waals surface area (Å²) in [6.45, 7) is 0.815. The van der Waals surface area contributed by atoms with Crippen molar-refractivity contribution in [3.05, 3.63) is 46.7 Å². The van der Waals surface area contributed by atoms with E-state index in [2.05, 4.69) is 22.1 Å². The van der Waals surface area contributed by atoms with Crippen molar-refractivity contribution < 1.29 is 9.53 Å². The fourth-order valence-electron chi connectivity index (χ4n) is 3.83. The highest BCUT2D eigenvalue weighted by Crippen LogP contribution is 2.33. The van der Waals surface area contributed by atoms with E-state index in [4.69, 9.17) is 4.74 Å². The number of benzene rings is 1. The van der Waals surface area contributed by atoms with Gasteiger partial charge in [-0.2, -0.15) is 11.3 Å². The number of urea groups is 1. The predicted molar refractivity (Wildman–Crippen MR) is 101 cm³/mol. The van der Waals surface area contributed by atoms with Crippen molar-refractivity contribution in [2.24, 2.45) is 0 Å². The number of hydrogen-bond donors (Lipinski definition) is 1. The van der Waals surface area contributed by atoms with E-state index in [1.54, 1.807) is 11.3 Å². The zero-order valence-corrected chi connectivity index (χ0v) is 15.1. The van der Waals surface area contributed by atoms with Gasteiger partial charge in [0.05, 0.1) is 12.1 Å². The molecule has 1 aliphatic heterocycles. The molecule has 2 aliphatic rings. The molecular formula is C20H24N2O2S. The maximum absolute atomic E-state index is 12.7. The number of carbonyl (C=O) groups excluding carboxylic acids is 1. The molecule has 2 amide bonds. The molecule has 0 radical (unpaired) electrons. The molecular weight excluding hydrogens is 332 g/mol. The molecule has 1 saturated carbocycles. The smallest absolute Gasteiger partial charge is 0.322 e. The molecule has 4 nitrogen and oxygen atoms in total. The van der Waals surface area contributed by atoms with E-state index in [1.807, 2.05) is 29.2 Å². The lowest BCUT2D eigenvalue weighted by Gasteiger charge is -2.24. The van der Waals surface area contributed by atoms with Crippen molar-refractivity contribution in [1.82, 2.24) is 4.90 Å². The first-order valence-corrected chi connectivity index (χ1v) is 10.1. The number of hydrogen-bond acceptors (Lipinski definition) is 3. The van der Waals surface area contributed by atoms with Crippen LogP contribution in [0.25, 0.3) is 0 Å². The number of ether oxygens (including phenoxy) is 1. The molecule has 2 aromatic rings. The summed E-state index contributed by atoms with van der Waals surface area (Å²) in [6.07, 6.45) is 7.28. The average Bonchev–Trinajstić information content (AvgIpc) is 3.38. The Labute approximate surface area is 152 Å². The molecule has 1 aliphatic carbocycles. The van der Waals surface area contributed by atoms with Crippen molar-refractivity contribution in [3.8, 4) is 5.75 Å². The minimum atomic E-state index is -0.0156. The Morgan fingerprint density at radius 3 is 2.60 bits per heavy atom. The number of amides is 2. The van der Waals surface area contributed by atoms with E-state index >= 15 is 0 Å². The molecule has 5 heteroatoms. The van der Waals surface area contributed by atoms with Gasteiger partial charge in [-0.3, -0.25) is 0 Å². The normalized spacial score (nSPS) is 20.8. The summed E-state index contributed by atoms with van der Waals surface area (Å²) in [5.41, 5.74) is 2.07. The van der Waals surface area contributed by atoms with Gasteiger partial charge in [-0.1, -0.05) is 0 Å². The zero-order valence-electron chi connectivity index (χ0n) is 14.3. The number of likely N-dealkylation sites (tertiary alicyclic amines) is 1. The largest absolute Gasteiger partial charge is 0.490 e. The van der Waals surface area contributed by atoms with E-state index in [-0.39, 0.29) is 12.1 Å². The number of nitrogens with zero attached hydrogens (tertiary/aromatic N) is 1. The molecule has 2 heterocycles. The highest BCUT2D eigenvalue weighted by atomic mass is 32.1. The summed E-state index contributed by atoms with van der Waals surface area (Å²) in [5, 5.41) is 7.25. The van der Waals surface area contributed by atoms with Crippen LogP contribution in [-0.2, 0) is 0 Å². The van der Waals surface area contributed by atoms with Crippen LogP contribution in [0.4, 0.5) is 10.5 Å². The first-order chi connectivity index (χ1) is 12.3. The molecule has 1 aromatic heterocycles. The quantitative estimate of drug-likeness (QED) is 0.792. The average molecular weight is 356 g/mol. The molecule has 4 rings (SSSR count). The zero-order chi connectivity index (χ0) is 17.1. The van der Waals surface area contributed by atoms with Crippen molar-refractivity contribution in [2.45, 2.75) is 50.7 Å². The van der Waals surface area contributed by atoms with Gasteiger partial charge < -0.3 is 15.0 Å². The standard InChI is InChI=1S/C20H24N2O2S/c23-20(22-12-3-6-19(22)15-11-13-25-14-15)21-16-7-9-18(10-8-16)24-17-4-1-2-5-17/h7-11,13-14,17,19H,1-6,12H2,(H,21,23). The van der Waals surface area contributed by atoms with E-state index in [0.717, 1.165) is 43.7 Å². The predicted octanol–water partition coefficient (Wildman–Crippen LogP) is 5.44. The van der Waals surface area contributed by atoms with Gasteiger partial charge in [-0.25, -0.2) is 4.79 Å². The van der Waals surface area contributed by atoms with Crippen LogP contribution in [-0.4, -0.2) is 23.6 Å². The van der Waals surface area contributed by atoms with Crippen LogP contribution >= 0.6 is 11.3 Å². The molecule has 25 heavy (non-hydrogen) atoms. The van der Waals surface area contributed by atoms with Crippen molar-refractivity contribution >= 4 is 23.1 Å². The SMILES string of the molecule is O=C(Nc1ccc(OC2CCCC2)cc1)N1CCCC1c1ccsc1. The molecule has 132 valence electrons. The van der Waals surface area contributed by atoms with E-state index in [9.17, 15) is 4.79 Å². The number of anilines is 1. The highest BCUT2D eigenvalue weighted by Gasteiger charge is 2.30. The van der Waals surface area contributed by atoms with Crippen LogP contribution < -0.4 is 10.1 Å². The molecule has 1 N–H and O–H groups in total. The van der Waals surface area contributed by atoms with Gasteiger partial charge in [-0.15, -0.1) is 0 Å². The minimum Gasteiger partial charge on any atom is -0.490 e. The van der Waals surface area contributed by atoms with E-state index < -0.39 is 0 Å². The fourth-order valence-corrected chi connectivity index (χ4v) is 4.54. The number of nitrogens with one attached hydrogen (secondary N) is 1. The number of carbonyl (C=O) groups is 1. The number of thiophene rings is 1. The summed E-state index contributed by atoms with van der Waals surface area (Å²) < 4.78 is 5.98. The van der Waals surface area contributed by atoms with Gasteiger partial charge in [0.15, 0.2) is 0 Å². The summed E-state index contributed by atoms with van der Waals surface area (Å²) >= 11 is 1.69. The maximum Gasteiger partial charge on any atom is 0.322 e. The third kappa shape index (κ3) is 3.82. The Kier molecular flexibility index (Phi) is 4.92. The third-order valence-electron chi connectivity index (χ3n) is 5.15. The summed E-state index contributed by atoms with van der Waals surface area (Å²) in [7, 11) is 0. The Balaban J connectivity index is 1.37.